The van der Waals surface area contributed by atoms with Crippen molar-refractivity contribution in [2.45, 2.75) is 26.8 Å². The average molecular weight is 265 g/mol. The van der Waals surface area contributed by atoms with Gasteiger partial charge in [0.25, 0.3) is 5.69 Å². The lowest BCUT2D eigenvalue weighted by atomic mass is 10.1. The molecule has 6 heteroatoms. The van der Waals surface area contributed by atoms with Crippen LogP contribution in [0.4, 0.5) is 5.69 Å². The number of carbonyl (C=O) groups is 1. The minimum Gasteiger partial charge on any atom is -0.355 e. The molecule has 0 heterocycles. The summed E-state index contributed by atoms with van der Waals surface area (Å²) in [6, 6.07) is 5.07. The first kappa shape index (κ1) is 15.1. The Balaban J connectivity index is 2.48. The van der Waals surface area contributed by atoms with Crippen LogP contribution in [0.3, 0.4) is 0 Å². The summed E-state index contributed by atoms with van der Waals surface area (Å²) >= 11 is 0. The van der Waals surface area contributed by atoms with Gasteiger partial charge in [0.2, 0.25) is 5.91 Å². The smallest absolute Gasteiger partial charge is 0.272 e. The number of amides is 1. The monoisotopic (exact) mass is 265 g/mol. The molecule has 0 bridgehead atoms. The zero-order valence-electron chi connectivity index (χ0n) is 11.2. The largest absolute Gasteiger partial charge is 0.355 e. The first-order valence-corrected chi connectivity index (χ1v) is 6.26. The summed E-state index contributed by atoms with van der Waals surface area (Å²) in [6.07, 6.45) is 0.899. The van der Waals surface area contributed by atoms with Crippen molar-refractivity contribution in [2.75, 3.05) is 13.1 Å². The van der Waals surface area contributed by atoms with Crippen LogP contribution in [0, 0.1) is 17.0 Å². The van der Waals surface area contributed by atoms with E-state index in [1.807, 2.05) is 13.0 Å². The number of rotatable bonds is 7. The van der Waals surface area contributed by atoms with E-state index < -0.39 is 4.92 Å². The maximum absolute atomic E-state index is 11.3. The van der Waals surface area contributed by atoms with Gasteiger partial charge >= 0.3 is 0 Å². The second kappa shape index (κ2) is 7.48. The molecule has 0 aliphatic rings. The van der Waals surface area contributed by atoms with Gasteiger partial charge in [-0.15, -0.1) is 0 Å². The fraction of sp³-hybridized carbons (Fsp3) is 0.462. The molecule has 104 valence electrons. The van der Waals surface area contributed by atoms with Gasteiger partial charge in [-0.3, -0.25) is 14.9 Å². The predicted octanol–water partition coefficient (Wildman–Crippen LogP) is 1.52. The van der Waals surface area contributed by atoms with E-state index in [9.17, 15) is 14.9 Å². The summed E-state index contributed by atoms with van der Waals surface area (Å²) in [5.41, 5.74) is 1.53. The van der Waals surface area contributed by atoms with Gasteiger partial charge < -0.3 is 10.6 Å². The minimum absolute atomic E-state index is 0.0662. The lowest BCUT2D eigenvalue weighted by Gasteiger charge is -2.06. The second-order valence-electron chi connectivity index (χ2n) is 4.33. The molecule has 0 aliphatic heterocycles. The third-order valence-electron chi connectivity index (χ3n) is 2.66. The summed E-state index contributed by atoms with van der Waals surface area (Å²) in [4.78, 5) is 21.7. The van der Waals surface area contributed by atoms with E-state index in [1.165, 1.54) is 6.07 Å². The van der Waals surface area contributed by atoms with Crippen molar-refractivity contribution < 1.29 is 9.72 Å². The highest BCUT2D eigenvalue weighted by Crippen LogP contribution is 2.18. The summed E-state index contributed by atoms with van der Waals surface area (Å²) in [6.45, 7) is 4.99. The minimum atomic E-state index is -0.396. The first-order chi connectivity index (χ1) is 9.04. The molecule has 0 saturated heterocycles. The third-order valence-corrected chi connectivity index (χ3v) is 2.66. The van der Waals surface area contributed by atoms with Gasteiger partial charge in [-0.25, -0.2) is 0 Å². The summed E-state index contributed by atoms with van der Waals surface area (Å²) in [7, 11) is 0. The Bertz CT molecular complexity index is 460. The van der Waals surface area contributed by atoms with Crippen molar-refractivity contribution in [3.63, 3.8) is 0 Å². The zero-order valence-corrected chi connectivity index (χ0v) is 11.2. The topological polar surface area (TPSA) is 84.3 Å². The van der Waals surface area contributed by atoms with Gasteiger partial charge in [-0.2, -0.15) is 0 Å². The fourth-order valence-electron chi connectivity index (χ4n) is 1.61. The Kier molecular flexibility index (Phi) is 5.95. The van der Waals surface area contributed by atoms with Crippen molar-refractivity contribution in [2.24, 2.45) is 0 Å². The molecule has 0 aliphatic carbocycles. The van der Waals surface area contributed by atoms with Gasteiger partial charge in [-0.05, 0) is 18.9 Å². The Morgan fingerprint density at radius 1 is 1.42 bits per heavy atom. The molecule has 0 radical (unpaired) electrons. The van der Waals surface area contributed by atoms with E-state index >= 15 is 0 Å². The van der Waals surface area contributed by atoms with Crippen LogP contribution in [0.1, 0.15) is 24.5 Å². The van der Waals surface area contributed by atoms with Crippen molar-refractivity contribution in [1.82, 2.24) is 10.6 Å². The molecule has 0 unspecified atom stereocenters. The number of aryl methyl sites for hydroxylation is 1. The van der Waals surface area contributed by atoms with Crippen LogP contribution in [0.2, 0.25) is 0 Å². The molecule has 0 atom stereocenters. The van der Waals surface area contributed by atoms with Crippen LogP contribution < -0.4 is 10.6 Å². The molecule has 1 amide bonds. The fourth-order valence-corrected chi connectivity index (χ4v) is 1.61. The lowest BCUT2D eigenvalue weighted by Crippen LogP contribution is -2.33. The van der Waals surface area contributed by atoms with E-state index in [4.69, 9.17) is 0 Å². The maximum Gasteiger partial charge on any atom is 0.272 e. The van der Waals surface area contributed by atoms with Crippen molar-refractivity contribution in [3.05, 3.63) is 39.4 Å². The van der Waals surface area contributed by atoms with E-state index in [2.05, 4.69) is 10.6 Å². The van der Waals surface area contributed by atoms with Crippen LogP contribution in [-0.4, -0.2) is 23.9 Å². The Morgan fingerprint density at radius 3 is 2.79 bits per heavy atom. The predicted molar refractivity (Wildman–Crippen MR) is 72.8 cm³/mol. The van der Waals surface area contributed by atoms with Crippen LogP contribution in [0.15, 0.2) is 18.2 Å². The van der Waals surface area contributed by atoms with Crippen LogP contribution in [-0.2, 0) is 11.3 Å². The van der Waals surface area contributed by atoms with Crippen molar-refractivity contribution in [3.8, 4) is 0 Å². The maximum atomic E-state index is 11.3. The van der Waals surface area contributed by atoms with Crippen molar-refractivity contribution in [1.29, 1.82) is 0 Å². The molecule has 6 nitrogen and oxygen atoms in total. The quantitative estimate of drug-likeness (QED) is 0.578. The van der Waals surface area contributed by atoms with Gasteiger partial charge in [0.05, 0.1) is 11.5 Å². The van der Waals surface area contributed by atoms with Crippen LogP contribution in [0.25, 0.3) is 0 Å². The highest BCUT2D eigenvalue weighted by atomic mass is 16.6. The average Bonchev–Trinajstić information content (AvgIpc) is 2.38. The number of nitro benzene ring substituents is 1. The molecule has 1 aromatic rings. The van der Waals surface area contributed by atoms with Crippen molar-refractivity contribution >= 4 is 11.6 Å². The number of nitrogens with zero attached hydrogens (tertiary/aromatic N) is 1. The highest BCUT2D eigenvalue weighted by molar-refractivity contribution is 5.77. The molecular formula is C13H19N3O3. The van der Waals surface area contributed by atoms with Crippen LogP contribution >= 0.6 is 0 Å². The van der Waals surface area contributed by atoms with E-state index in [0.29, 0.717) is 18.7 Å². The first-order valence-electron chi connectivity index (χ1n) is 6.26. The number of carbonyl (C=O) groups excluding carboxylic acids is 1. The SMILES string of the molecule is CCCNC(=O)CNCc1ccc(C)c([N+](=O)[O-])c1. The van der Waals surface area contributed by atoms with Gasteiger partial charge in [0, 0.05) is 24.7 Å². The summed E-state index contributed by atoms with van der Waals surface area (Å²) in [5, 5.41) is 16.5. The Hall–Kier alpha value is -1.95. The molecule has 0 aromatic heterocycles. The second-order valence-corrected chi connectivity index (χ2v) is 4.33. The number of hydrogen-bond acceptors (Lipinski definition) is 4. The van der Waals surface area contributed by atoms with E-state index in [0.717, 1.165) is 12.0 Å². The van der Waals surface area contributed by atoms with Gasteiger partial charge in [-0.1, -0.05) is 19.1 Å². The highest BCUT2D eigenvalue weighted by Gasteiger charge is 2.10. The molecular weight excluding hydrogens is 246 g/mol. The number of benzene rings is 1. The molecule has 1 rings (SSSR count). The van der Waals surface area contributed by atoms with Gasteiger partial charge in [0.15, 0.2) is 0 Å². The number of nitrogens with one attached hydrogen (secondary N) is 2. The van der Waals surface area contributed by atoms with Crippen LogP contribution in [0.5, 0.6) is 0 Å². The van der Waals surface area contributed by atoms with E-state index in [-0.39, 0.29) is 18.1 Å². The molecule has 19 heavy (non-hydrogen) atoms. The standard InChI is InChI=1S/C13H19N3O3/c1-3-6-15-13(17)9-14-8-11-5-4-10(2)12(7-11)16(18)19/h4-5,7,14H,3,6,8-9H2,1-2H3,(H,15,17). The summed E-state index contributed by atoms with van der Waals surface area (Å²) in [5.74, 6) is -0.0662. The third kappa shape index (κ3) is 5.05. The zero-order chi connectivity index (χ0) is 14.3. The van der Waals surface area contributed by atoms with E-state index in [1.54, 1.807) is 13.0 Å². The molecule has 1 aromatic carbocycles. The molecule has 0 spiro atoms. The Morgan fingerprint density at radius 2 is 2.16 bits per heavy atom. The number of hydrogen-bond donors (Lipinski definition) is 2. The van der Waals surface area contributed by atoms with Gasteiger partial charge in [0.1, 0.15) is 0 Å². The Labute approximate surface area is 112 Å². The molecule has 0 saturated carbocycles. The lowest BCUT2D eigenvalue weighted by molar-refractivity contribution is -0.385. The molecule has 2 N–H and O–H groups in total. The normalized spacial score (nSPS) is 10.2. The number of nitro groups is 1. The molecule has 0 fully saturated rings. The summed E-state index contributed by atoms with van der Waals surface area (Å²) < 4.78 is 0.